The maximum Gasteiger partial charge on any atom is 0.261 e. The van der Waals surface area contributed by atoms with E-state index in [1.54, 1.807) is 18.2 Å². The topological polar surface area (TPSA) is 68.8 Å². The van der Waals surface area contributed by atoms with E-state index in [2.05, 4.69) is 24.5 Å². The van der Waals surface area contributed by atoms with Gasteiger partial charge in [0.25, 0.3) is 5.91 Å². The largest absolute Gasteiger partial charge is 0.492 e. The molecule has 1 aliphatic heterocycles. The average Bonchev–Trinajstić information content (AvgIpc) is 3.25. The van der Waals surface area contributed by atoms with Crippen LogP contribution in [0.25, 0.3) is 0 Å². The van der Waals surface area contributed by atoms with Crippen molar-refractivity contribution >= 4 is 28.9 Å². The van der Waals surface area contributed by atoms with Crippen LogP contribution < -0.4 is 20.1 Å². The molecule has 0 radical (unpaired) electrons. The zero-order valence-electron chi connectivity index (χ0n) is 17.4. The van der Waals surface area contributed by atoms with Crippen molar-refractivity contribution in [2.24, 2.45) is 5.92 Å². The third-order valence-corrected chi connectivity index (χ3v) is 4.69. The van der Waals surface area contributed by atoms with Crippen LogP contribution >= 0.6 is 12.2 Å². The van der Waals surface area contributed by atoms with Gasteiger partial charge in [-0.15, -0.1) is 0 Å². The number of rotatable bonds is 8. The van der Waals surface area contributed by atoms with E-state index in [1.165, 1.54) is 0 Å². The molecule has 30 heavy (non-hydrogen) atoms. The first-order valence-corrected chi connectivity index (χ1v) is 10.6. The van der Waals surface area contributed by atoms with Crippen molar-refractivity contribution in [3.63, 3.8) is 0 Å². The lowest BCUT2D eigenvalue weighted by molar-refractivity contribution is 0.0680. The average molecular weight is 429 g/mol. The highest BCUT2D eigenvalue weighted by Gasteiger charge is 2.16. The third-order valence-electron chi connectivity index (χ3n) is 4.48. The molecule has 1 heterocycles. The quantitative estimate of drug-likeness (QED) is 0.607. The van der Waals surface area contributed by atoms with Crippen molar-refractivity contribution in [3.05, 3.63) is 54.1 Å². The first-order valence-electron chi connectivity index (χ1n) is 10.2. The van der Waals surface area contributed by atoms with Gasteiger partial charge in [0.2, 0.25) is 0 Å². The van der Waals surface area contributed by atoms with E-state index in [9.17, 15) is 4.79 Å². The number of amides is 1. The molecule has 160 valence electrons. The zero-order valence-corrected chi connectivity index (χ0v) is 18.2. The maximum absolute atomic E-state index is 12.7. The number of carbonyl (C=O) groups is 1. The molecule has 1 aliphatic rings. The van der Waals surface area contributed by atoms with Crippen molar-refractivity contribution in [2.75, 3.05) is 25.1 Å². The molecule has 1 atom stereocenters. The Labute approximate surface area is 182 Å². The van der Waals surface area contributed by atoms with Gasteiger partial charge in [0, 0.05) is 18.4 Å². The van der Waals surface area contributed by atoms with Crippen molar-refractivity contribution in [2.45, 2.75) is 32.8 Å². The van der Waals surface area contributed by atoms with Crippen LogP contribution in [-0.2, 0) is 4.74 Å². The van der Waals surface area contributed by atoms with Crippen molar-refractivity contribution in [1.29, 1.82) is 0 Å². The summed E-state index contributed by atoms with van der Waals surface area (Å²) in [6, 6.07) is 14.6. The molecule has 0 saturated carbocycles. The van der Waals surface area contributed by atoms with Gasteiger partial charge in [-0.25, -0.2) is 0 Å². The standard InChI is InChI=1S/C23H28N2O4S/c1-16(2)14-29-21-11-4-3-10-20(21)22(26)25-23(30)24-17-7-5-8-18(13-17)28-15-19-9-6-12-27-19/h3-5,7-8,10-11,13,16,19H,6,9,12,14-15H2,1-2H3,(H2,24,25,26,30). The molecule has 0 spiro atoms. The van der Waals surface area contributed by atoms with E-state index in [4.69, 9.17) is 26.4 Å². The van der Waals surface area contributed by atoms with E-state index in [0.717, 1.165) is 30.9 Å². The van der Waals surface area contributed by atoms with Crippen LogP contribution in [0.1, 0.15) is 37.0 Å². The Balaban J connectivity index is 1.55. The van der Waals surface area contributed by atoms with Crippen LogP contribution in [0.5, 0.6) is 11.5 Å². The third kappa shape index (κ3) is 6.71. The van der Waals surface area contributed by atoms with Crippen LogP contribution in [0.2, 0.25) is 0 Å². The van der Waals surface area contributed by atoms with E-state index in [-0.39, 0.29) is 17.1 Å². The molecule has 1 saturated heterocycles. The van der Waals surface area contributed by atoms with E-state index in [1.807, 2.05) is 30.3 Å². The highest BCUT2D eigenvalue weighted by atomic mass is 32.1. The van der Waals surface area contributed by atoms with Gasteiger partial charge in [-0.3, -0.25) is 10.1 Å². The van der Waals surface area contributed by atoms with Gasteiger partial charge >= 0.3 is 0 Å². The minimum Gasteiger partial charge on any atom is -0.492 e. The van der Waals surface area contributed by atoms with Crippen LogP contribution in [0, 0.1) is 5.92 Å². The van der Waals surface area contributed by atoms with E-state index in [0.29, 0.717) is 30.4 Å². The predicted octanol–water partition coefficient (Wildman–Crippen LogP) is 4.41. The van der Waals surface area contributed by atoms with Gasteiger partial charge in [-0.05, 0) is 55.2 Å². The fraction of sp³-hybridized carbons (Fsp3) is 0.391. The number of nitrogens with one attached hydrogen (secondary N) is 2. The van der Waals surface area contributed by atoms with Crippen molar-refractivity contribution < 1.29 is 19.0 Å². The number of para-hydroxylation sites is 1. The van der Waals surface area contributed by atoms with Gasteiger partial charge < -0.3 is 19.5 Å². The van der Waals surface area contributed by atoms with Crippen LogP contribution in [-0.4, -0.2) is 36.9 Å². The summed E-state index contributed by atoms with van der Waals surface area (Å²) in [4.78, 5) is 12.7. The molecule has 0 bridgehead atoms. The Morgan fingerprint density at radius 3 is 2.80 bits per heavy atom. The Hall–Kier alpha value is -2.64. The highest BCUT2D eigenvalue weighted by Crippen LogP contribution is 2.21. The summed E-state index contributed by atoms with van der Waals surface area (Å²) in [6.07, 6.45) is 2.26. The minimum absolute atomic E-state index is 0.153. The number of benzene rings is 2. The predicted molar refractivity (Wildman–Crippen MR) is 121 cm³/mol. The summed E-state index contributed by atoms with van der Waals surface area (Å²) in [7, 11) is 0. The molecule has 7 heteroatoms. The lowest BCUT2D eigenvalue weighted by Gasteiger charge is -2.15. The molecule has 1 unspecified atom stereocenters. The summed E-state index contributed by atoms with van der Waals surface area (Å²) in [5.41, 5.74) is 1.17. The second-order valence-corrected chi connectivity index (χ2v) is 7.99. The van der Waals surface area contributed by atoms with E-state index >= 15 is 0 Å². The molecular weight excluding hydrogens is 400 g/mol. The lowest BCUT2D eigenvalue weighted by Crippen LogP contribution is -2.34. The fourth-order valence-electron chi connectivity index (χ4n) is 3.00. The molecule has 0 aliphatic carbocycles. The Morgan fingerprint density at radius 2 is 2.03 bits per heavy atom. The molecule has 2 aromatic rings. The van der Waals surface area contributed by atoms with E-state index < -0.39 is 0 Å². The van der Waals surface area contributed by atoms with Crippen molar-refractivity contribution in [3.8, 4) is 11.5 Å². The number of hydrogen-bond acceptors (Lipinski definition) is 5. The fourth-order valence-corrected chi connectivity index (χ4v) is 3.21. The first kappa shape index (κ1) is 22.1. The second-order valence-electron chi connectivity index (χ2n) is 7.58. The van der Waals surface area contributed by atoms with Gasteiger partial charge in [-0.1, -0.05) is 32.0 Å². The summed E-state index contributed by atoms with van der Waals surface area (Å²) in [5.74, 6) is 1.30. The minimum atomic E-state index is -0.322. The number of carbonyl (C=O) groups excluding carboxylic acids is 1. The normalized spacial score (nSPS) is 15.6. The van der Waals surface area contributed by atoms with Gasteiger partial charge in [-0.2, -0.15) is 0 Å². The zero-order chi connectivity index (χ0) is 21.3. The summed E-state index contributed by atoms with van der Waals surface area (Å²) >= 11 is 5.31. The number of anilines is 1. The summed E-state index contributed by atoms with van der Waals surface area (Å²) in [5, 5.41) is 5.94. The Bertz CT molecular complexity index is 866. The van der Waals surface area contributed by atoms with Gasteiger partial charge in [0.1, 0.15) is 18.1 Å². The van der Waals surface area contributed by atoms with Crippen LogP contribution in [0.3, 0.4) is 0 Å². The summed E-state index contributed by atoms with van der Waals surface area (Å²) < 4.78 is 17.1. The van der Waals surface area contributed by atoms with Gasteiger partial charge in [0.05, 0.1) is 18.3 Å². The Morgan fingerprint density at radius 1 is 1.20 bits per heavy atom. The molecule has 0 aromatic heterocycles. The molecule has 1 fully saturated rings. The second kappa shape index (κ2) is 10.9. The summed E-state index contributed by atoms with van der Waals surface area (Å²) in [6.45, 7) is 5.97. The number of ether oxygens (including phenoxy) is 3. The van der Waals surface area contributed by atoms with Gasteiger partial charge in [0.15, 0.2) is 5.11 Å². The van der Waals surface area contributed by atoms with Crippen molar-refractivity contribution in [1.82, 2.24) is 5.32 Å². The smallest absolute Gasteiger partial charge is 0.261 e. The monoisotopic (exact) mass is 428 g/mol. The molecule has 1 amide bonds. The number of hydrogen-bond donors (Lipinski definition) is 2. The molecular formula is C23H28N2O4S. The molecule has 2 N–H and O–H groups in total. The number of thiocarbonyl (C=S) groups is 1. The SMILES string of the molecule is CC(C)COc1ccccc1C(=O)NC(=S)Nc1cccc(OCC2CCCO2)c1. The molecule has 3 rings (SSSR count). The Kier molecular flexibility index (Phi) is 8.04. The van der Waals surface area contributed by atoms with Crippen LogP contribution in [0.4, 0.5) is 5.69 Å². The lowest BCUT2D eigenvalue weighted by atomic mass is 10.2. The van der Waals surface area contributed by atoms with Crippen LogP contribution in [0.15, 0.2) is 48.5 Å². The molecule has 2 aromatic carbocycles. The first-order chi connectivity index (χ1) is 14.5. The maximum atomic E-state index is 12.7. The molecule has 6 nitrogen and oxygen atoms in total. The highest BCUT2D eigenvalue weighted by molar-refractivity contribution is 7.80.